The second kappa shape index (κ2) is 7.16. The molecule has 1 unspecified atom stereocenters. The van der Waals surface area contributed by atoms with Gasteiger partial charge in [0.05, 0.1) is 0 Å². The maximum atomic E-state index is 12.3. The third kappa shape index (κ3) is 3.38. The number of carbonyl (C=O) groups excluding carboxylic acids is 1. The summed E-state index contributed by atoms with van der Waals surface area (Å²) in [5.41, 5.74) is 0. The third-order valence-corrected chi connectivity index (χ3v) is 4.03. The highest BCUT2D eigenvalue weighted by Crippen LogP contribution is 2.22. The van der Waals surface area contributed by atoms with Crippen molar-refractivity contribution in [2.75, 3.05) is 12.4 Å². The fraction of sp³-hybridized carbons (Fsp3) is 0.923. The molecule has 1 heterocycles. The fourth-order valence-electron chi connectivity index (χ4n) is 2.50. The van der Waals surface area contributed by atoms with E-state index in [9.17, 15) is 4.79 Å². The second-order valence-corrected chi connectivity index (χ2v) is 5.01. The van der Waals surface area contributed by atoms with Crippen molar-refractivity contribution < 1.29 is 4.79 Å². The van der Waals surface area contributed by atoms with Crippen LogP contribution in [0, 0.1) is 5.92 Å². The van der Waals surface area contributed by atoms with Gasteiger partial charge in [-0.3, -0.25) is 4.79 Å². The quantitative estimate of drug-likeness (QED) is 0.695. The zero-order valence-corrected chi connectivity index (χ0v) is 11.3. The van der Waals surface area contributed by atoms with E-state index in [1.165, 1.54) is 12.8 Å². The molecule has 1 atom stereocenters. The van der Waals surface area contributed by atoms with Crippen LogP contribution >= 0.6 is 11.6 Å². The largest absolute Gasteiger partial charge is 0.338 e. The highest BCUT2D eigenvalue weighted by atomic mass is 35.5. The summed E-state index contributed by atoms with van der Waals surface area (Å²) in [7, 11) is 0. The minimum atomic E-state index is 0.198. The highest BCUT2D eigenvalue weighted by Gasteiger charge is 2.28. The van der Waals surface area contributed by atoms with Crippen molar-refractivity contribution in [1.82, 2.24) is 4.90 Å². The van der Waals surface area contributed by atoms with Gasteiger partial charge < -0.3 is 4.90 Å². The van der Waals surface area contributed by atoms with Crippen LogP contribution < -0.4 is 0 Å². The average molecular weight is 246 g/mol. The molecule has 1 aliphatic rings. The lowest BCUT2D eigenvalue weighted by molar-refractivity contribution is -0.137. The molecule has 0 aliphatic carbocycles. The molecule has 1 saturated heterocycles. The predicted octanol–water partition coefficient (Wildman–Crippen LogP) is 3.43. The van der Waals surface area contributed by atoms with Crippen LogP contribution in [-0.4, -0.2) is 29.3 Å². The summed E-state index contributed by atoms with van der Waals surface area (Å²) >= 11 is 5.99. The molecule has 0 bridgehead atoms. The van der Waals surface area contributed by atoms with Crippen molar-refractivity contribution in [3.63, 3.8) is 0 Å². The molecule has 0 saturated carbocycles. The van der Waals surface area contributed by atoms with Crippen LogP contribution in [0.15, 0.2) is 0 Å². The van der Waals surface area contributed by atoms with E-state index in [1.54, 1.807) is 0 Å². The van der Waals surface area contributed by atoms with Crippen molar-refractivity contribution in [2.24, 2.45) is 5.92 Å². The lowest BCUT2D eigenvalue weighted by atomic mass is 10.0. The van der Waals surface area contributed by atoms with Crippen molar-refractivity contribution in [1.29, 1.82) is 0 Å². The van der Waals surface area contributed by atoms with Gasteiger partial charge in [-0.15, -0.1) is 11.6 Å². The molecule has 3 heteroatoms. The molecule has 1 rings (SSSR count). The number of hydrogen-bond acceptors (Lipinski definition) is 1. The zero-order chi connectivity index (χ0) is 12.0. The summed E-state index contributed by atoms with van der Waals surface area (Å²) in [5, 5.41) is 0. The van der Waals surface area contributed by atoms with E-state index in [4.69, 9.17) is 11.6 Å². The Bertz CT molecular complexity index is 216. The van der Waals surface area contributed by atoms with E-state index in [2.05, 4.69) is 18.7 Å². The van der Waals surface area contributed by atoms with Gasteiger partial charge in [0.25, 0.3) is 0 Å². The lowest BCUT2D eigenvalue weighted by Gasteiger charge is -2.31. The van der Waals surface area contributed by atoms with Crippen molar-refractivity contribution in [2.45, 2.75) is 58.4 Å². The van der Waals surface area contributed by atoms with Crippen molar-refractivity contribution >= 4 is 17.5 Å². The smallest absolute Gasteiger partial charge is 0.225 e. The van der Waals surface area contributed by atoms with Gasteiger partial charge in [0.2, 0.25) is 5.91 Å². The molecular formula is C13H24ClNO. The molecule has 0 aromatic heterocycles. The summed E-state index contributed by atoms with van der Waals surface area (Å²) in [6.07, 6.45) is 6.56. The summed E-state index contributed by atoms with van der Waals surface area (Å²) in [6, 6.07) is 0.275. The van der Waals surface area contributed by atoms with E-state index in [1.807, 2.05) is 0 Å². The zero-order valence-electron chi connectivity index (χ0n) is 10.5. The van der Waals surface area contributed by atoms with Gasteiger partial charge in [-0.2, -0.15) is 0 Å². The maximum absolute atomic E-state index is 12.3. The van der Waals surface area contributed by atoms with E-state index in [-0.39, 0.29) is 12.0 Å². The van der Waals surface area contributed by atoms with Crippen LogP contribution in [0.3, 0.4) is 0 Å². The molecule has 0 radical (unpaired) electrons. The monoisotopic (exact) mass is 245 g/mol. The number of halogens is 1. The molecule has 94 valence electrons. The van der Waals surface area contributed by atoms with Crippen LogP contribution in [0.2, 0.25) is 0 Å². The molecule has 1 amide bonds. The molecule has 0 aromatic carbocycles. The number of amides is 1. The van der Waals surface area contributed by atoms with Crippen molar-refractivity contribution in [3.8, 4) is 0 Å². The first-order valence-electron chi connectivity index (χ1n) is 6.61. The highest BCUT2D eigenvalue weighted by molar-refractivity contribution is 6.18. The Kier molecular flexibility index (Phi) is 6.18. The second-order valence-electron chi connectivity index (χ2n) is 4.70. The number of nitrogens with zero attached hydrogens (tertiary/aromatic N) is 1. The normalized spacial score (nSPS) is 22.2. The van der Waals surface area contributed by atoms with Crippen LogP contribution in [0.1, 0.15) is 52.4 Å². The third-order valence-electron chi connectivity index (χ3n) is 3.67. The van der Waals surface area contributed by atoms with Gasteiger partial charge in [-0.25, -0.2) is 0 Å². The summed E-state index contributed by atoms with van der Waals surface area (Å²) < 4.78 is 0. The molecule has 1 aliphatic heterocycles. The molecular weight excluding hydrogens is 222 g/mol. The minimum Gasteiger partial charge on any atom is -0.338 e. The summed E-state index contributed by atoms with van der Waals surface area (Å²) in [6.45, 7) is 5.10. The van der Waals surface area contributed by atoms with E-state index in [0.29, 0.717) is 11.8 Å². The minimum absolute atomic E-state index is 0.198. The Balaban J connectivity index is 2.68. The number of carbonyl (C=O) groups is 1. The maximum Gasteiger partial charge on any atom is 0.225 e. The number of alkyl halides is 1. The number of rotatable bonds is 4. The van der Waals surface area contributed by atoms with Gasteiger partial charge >= 0.3 is 0 Å². The van der Waals surface area contributed by atoms with Gasteiger partial charge in [0, 0.05) is 24.4 Å². The molecule has 0 N–H and O–H groups in total. The Morgan fingerprint density at radius 3 is 2.56 bits per heavy atom. The topological polar surface area (TPSA) is 20.3 Å². The summed E-state index contributed by atoms with van der Waals surface area (Å²) in [5.74, 6) is 1.12. The first kappa shape index (κ1) is 13.8. The van der Waals surface area contributed by atoms with Crippen LogP contribution in [0.5, 0.6) is 0 Å². The van der Waals surface area contributed by atoms with Crippen LogP contribution in [0.25, 0.3) is 0 Å². The molecule has 0 spiro atoms. The first-order chi connectivity index (χ1) is 7.74. The van der Waals surface area contributed by atoms with Crippen LogP contribution in [0.4, 0.5) is 0 Å². The first-order valence-corrected chi connectivity index (χ1v) is 7.14. The number of hydrogen-bond donors (Lipinski definition) is 0. The predicted molar refractivity (Wildman–Crippen MR) is 68.8 cm³/mol. The van der Waals surface area contributed by atoms with E-state index < -0.39 is 0 Å². The van der Waals surface area contributed by atoms with Gasteiger partial charge in [-0.1, -0.05) is 26.7 Å². The average Bonchev–Trinajstić information content (AvgIpc) is 2.55. The van der Waals surface area contributed by atoms with E-state index in [0.717, 1.165) is 32.2 Å². The fourth-order valence-corrected chi connectivity index (χ4v) is 2.82. The standard InChI is InChI=1S/C13H24ClNO/c1-3-11(4-2)13(16)15-9-7-5-6-8-12(15)10-14/h11-12H,3-10H2,1-2H3. The van der Waals surface area contributed by atoms with Gasteiger partial charge in [-0.05, 0) is 25.7 Å². The molecule has 16 heavy (non-hydrogen) atoms. The number of likely N-dealkylation sites (tertiary alicyclic amines) is 1. The molecule has 1 fully saturated rings. The van der Waals surface area contributed by atoms with E-state index >= 15 is 0 Å². The Labute approximate surface area is 104 Å². The Hall–Kier alpha value is -0.240. The molecule has 2 nitrogen and oxygen atoms in total. The van der Waals surface area contributed by atoms with Gasteiger partial charge in [0.15, 0.2) is 0 Å². The molecule has 0 aromatic rings. The Morgan fingerprint density at radius 2 is 2.00 bits per heavy atom. The van der Waals surface area contributed by atoms with Gasteiger partial charge in [0.1, 0.15) is 0 Å². The summed E-state index contributed by atoms with van der Waals surface area (Å²) in [4.78, 5) is 14.4. The SMILES string of the molecule is CCC(CC)C(=O)N1CCCCCC1CCl. The lowest BCUT2D eigenvalue weighted by Crippen LogP contribution is -2.44. The van der Waals surface area contributed by atoms with Crippen LogP contribution in [-0.2, 0) is 4.79 Å². The van der Waals surface area contributed by atoms with Crippen molar-refractivity contribution in [3.05, 3.63) is 0 Å². The Morgan fingerprint density at radius 1 is 1.31 bits per heavy atom.